The smallest absolute Gasteiger partial charge is 0.244 e. The van der Waals surface area contributed by atoms with Crippen molar-refractivity contribution in [1.29, 1.82) is 0 Å². The van der Waals surface area contributed by atoms with E-state index in [0.717, 1.165) is 5.56 Å². The van der Waals surface area contributed by atoms with Crippen LogP contribution in [-0.2, 0) is 14.4 Å². The summed E-state index contributed by atoms with van der Waals surface area (Å²) in [5.74, 6) is -0.727. The summed E-state index contributed by atoms with van der Waals surface area (Å²) in [5, 5.41) is 5.40. The minimum Gasteiger partial charge on any atom is -0.326 e. The van der Waals surface area contributed by atoms with Crippen LogP contribution < -0.4 is 15.5 Å². The molecule has 0 aliphatic heterocycles. The molecule has 0 aliphatic carbocycles. The summed E-state index contributed by atoms with van der Waals surface area (Å²) in [6.45, 7) is 4.67. The summed E-state index contributed by atoms with van der Waals surface area (Å²) in [6, 6.07) is 14.2. The van der Waals surface area contributed by atoms with Gasteiger partial charge in [-0.2, -0.15) is 0 Å². The van der Waals surface area contributed by atoms with Crippen molar-refractivity contribution >= 4 is 34.8 Å². The molecule has 130 valence electrons. The highest BCUT2D eigenvalue weighted by Crippen LogP contribution is 2.18. The van der Waals surface area contributed by atoms with Gasteiger partial charge in [0.15, 0.2) is 0 Å². The lowest BCUT2D eigenvalue weighted by Crippen LogP contribution is -2.36. The molecule has 2 aromatic rings. The predicted octanol–water partition coefficient (Wildman–Crippen LogP) is 2.95. The molecule has 0 heterocycles. The Labute approximate surface area is 146 Å². The highest BCUT2D eigenvalue weighted by molar-refractivity contribution is 6.02. The van der Waals surface area contributed by atoms with Crippen LogP contribution in [0.15, 0.2) is 48.5 Å². The zero-order chi connectivity index (χ0) is 18.4. The van der Waals surface area contributed by atoms with Crippen molar-refractivity contribution in [3.8, 4) is 0 Å². The molecule has 3 amide bonds. The van der Waals surface area contributed by atoms with Crippen LogP contribution in [0, 0.1) is 6.92 Å². The van der Waals surface area contributed by atoms with Crippen LogP contribution in [0.5, 0.6) is 0 Å². The van der Waals surface area contributed by atoms with E-state index < -0.39 is 0 Å². The molecule has 0 aliphatic rings. The first-order valence-corrected chi connectivity index (χ1v) is 7.87. The molecule has 0 saturated heterocycles. The molecule has 2 rings (SSSR count). The standard InChI is InChI=1S/C19H21N3O3/c1-13-6-4-9-18(10-13)22(15(3)24)12-19(25)21-17-8-5-7-16(11-17)20-14(2)23/h4-11H,12H2,1-3H3,(H,20,23)(H,21,25). The first kappa shape index (κ1) is 18.2. The number of carbonyl (C=O) groups excluding carboxylic acids is 3. The summed E-state index contributed by atoms with van der Waals surface area (Å²) in [6.07, 6.45) is 0. The minimum atomic E-state index is -0.323. The van der Waals surface area contributed by atoms with E-state index in [1.807, 2.05) is 25.1 Å². The van der Waals surface area contributed by atoms with Crippen molar-refractivity contribution in [3.63, 3.8) is 0 Å². The molecule has 0 spiro atoms. The van der Waals surface area contributed by atoms with E-state index in [2.05, 4.69) is 10.6 Å². The summed E-state index contributed by atoms with van der Waals surface area (Å²) in [7, 11) is 0. The predicted molar refractivity (Wildman–Crippen MR) is 98.6 cm³/mol. The molecule has 25 heavy (non-hydrogen) atoms. The third kappa shape index (κ3) is 5.46. The van der Waals surface area contributed by atoms with E-state index in [9.17, 15) is 14.4 Å². The Bertz CT molecular complexity index is 802. The number of hydrogen-bond donors (Lipinski definition) is 2. The first-order chi connectivity index (χ1) is 11.8. The Morgan fingerprint density at radius 2 is 1.56 bits per heavy atom. The molecule has 0 bridgehead atoms. The third-order valence-electron chi connectivity index (χ3n) is 3.46. The number of benzene rings is 2. The Kier molecular flexibility index (Phi) is 5.89. The van der Waals surface area contributed by atoms with Crippen LogP contribution in [0.4, 0.5) is 17.1 Å². The Balaban J connectivity index is 2.09. The van der Waals surface area contributed by atoms with Crippen molar-refractivity contribution in [1.82, 2.24) is 0 Å². The average Bonchev–Trinajstić information content (AvgIpc) is 2.52. The van der Waals surface area contributed by atoms with Gasteiger partial charge in [-0.1, -0.05) is 18.2 Å². The quantitative estimate of drug-likeness (QED) is 0.879. The summed E-state index contributed by atoms with van der Waals surface area (Å²) in [5.41, 5.74) is 2.82. The number of aryl methyl sites for hydroxylation is 1. The number of rotatable bonds is 5. The molecule has 6 nitrogen and oxygen atoms in total. The van der Waals surface area contributed by atoms with Crippen LogP contribution in [-0.4, -0.2) is 24.3 Å². The second-order valence-electron chi connectivity index (χ2n) is 5.75. The lowest BCUT2D eigenvalue weighted by atomic mass is 10.2. The lowest BCUT2D eigenvalue weighted by Gasteiger charge is -2.21. The van der Waals surface area contributed by atoms with Gasteiger partial charge in [0.05, 0.1) is 0 Å². The topological polar surface area (TPSA) is 78.5 Å². The number of hydrogen-bond acceptors (Lipinski definition) is 3. The van der Waals surface area contributed by atoms with Gasteiger partial charge in [-0.05, 0) is 42.8 Å². The molecule has 0 radical (unpaired) electrons. The lowest BCUT2D eigenvalue weighted by molar-refractivity contribution is -0.120. The van der Waals surface area contributed by atoms with Crippen molar-refractivity contribution < 1.29 is 14.4 Å². The van der Waals surface area contributed by atoms with E-state index in [1.54, 1.807) is 30.3 Å². The molecular formula is C19H21N3O3. The normalized spacial score (nSPS) is 10.0. The number of nitrogens with zero attached hydrogens (tertiary/aromatic N) is 1. The van der Waals surface area contributed by atoms with Crippen molar-refractivity contribution in [2.75, 3.05) is 22.1 Å². The van der Waals surface area contributed by atoms with Crippen molar-refractivity contribution in [3.05, 3.63) is 54.1 Å². The fourth-order valence-corrected chi connectivity index (χ4v) is 2.40. The molecule has 0 aromatic heterocycles. The van der Waals surface area contributed by atoms with Gasteiger partial charge in [-0.25, -0.2) is 0 Å². The summed E-state index contributed by atoms with van der Waals surface area (Å²) in [4.78, 5) is 36.8. The molecule has 0 unspecified atom stereocenters. The van der Waals surface area contributed by atoms with E-state index in [-0.39, 0.29) is 24.3 Å². The Hall–Kier alpha value is -3.15. The summed E-state index contributed by atoms with van der Waals surface area (Å²) < 4.78 is 0. The Morgan fingerprint density at radius 1 is 0.920 bits per heavy atom. The molecule has 2 N–H and O–H groups in total. The highest BCUT2D eigenvalue weighted by atomic mass is 16.2. The van der Waals surface area contributed by atoms with Gasteiger partial charge in [0.1, 0.15) is 6.54 Å². The maximum Gasteiger partial charge on any atom is 0.244 e. The van der Waals surface area contributed by atoms with E-state index in [4.69, 9.17) is 0 Å². The van der Waals surface area contributed by atoms with Crippen LogP contribution in [0.2, 0.25) is 0 Å². The van der Waals surface area contributed by atoms with Crippen LogP contribution >= 0.6 is 0 Å². The van der Waals surface area contributed by atoms with E-state index >= 15 is 0 Å². The van der Waals surface area contributed by atoms with E-state index in [1.165, 1.54) is 18.7 Å². The molecule has 6 heteroatoms. The van der Waals surface area contributed by atoms with Gasteiger partial charge < -0.3 is 15.5 Å². The monoisotopic (exact) mass is 339 g/mol. The second kappa shape index (κ2) is 8.10. The average molecular weight is 339 g/mol. The third-order valence-corrected chi connectivity index (χ3v) is 3.46. The zero-order valence-electron chi connectivity index (χ0n) is 14.5. The zero-order valence-corrected chi connectivity index (χ0v) is 14.5. The fourth-order valence-electron chi connectivity index (χ4n) is 2.40. The Morgan fingerprint density at radius 3 is 2.16 bits per heavy atom. The number of carbonyl (C=O) groups is 3. The van der Waals surface area contributed by atoms with Gasteiger partial charge in [0, 0.05) is 30.9 Å². The number of anilines is 3. The molecular weight excluding hydrogens is 318 g/mol. The van der Waals surface area contributed by atoms with Crippen molar-refractivity contribution in [2.45, 2.75) is 20.8 Å². The first-order valence-electron chi connectivity index (χ1n) is 7.87. The summed E-state index contributed by atoms with van der Waals surface area (Å²) >= 11 is 0. The SMILES string of the molecule is CC(=O)Nc1cccc(NC(=O)CN(C(C)=O)c2cccc(C)c2)c1. The van der Waals surface area contributed by atoms with Crippen molar-refractivity contribution in [2.24, 2.45) is 0 Å². The largest absolute Gasteiger partial charge is 0.326 e. The van der Waals surface area contributed by atoms with Crippen LogP contribution in [0.1, 0.15) is 19.4 Å². The molecule has 0 atom stereocenters. The molecule has 0 fully saturated rings. The van der Waals surface area contributed by atoms with Gasteiger partial charge in [-0.3, -0.25) is 14.4 Å². The minimum absolute atomic E-state index is 0.0941. The number of nitrogens with one attached hydrogen (secondary N) is 2. The van der Waals surface area contributed by atoms with Gasteiger partial charge in [0.25, 0.3) is 0 Å². The highest BCUT2D eigenvalue weighted by Gasteiger charge is 2.16. The molecule has 2 aromatic carbocycles. The van der Waals surface area contributed by atoms with Crippen LogP contribution in [0.3, 0.4) is 0 Å². The maximum absolute atomic E-state index is 12.3. The maximum atomic E-state index is 12.3. The fraction of sp³-hybridized carbons (Fsp3) is 0.211. The second-order valence-corrected chi connectivity index (χ2v) is 5.75. The molecule has 0 saturated carbocycles. The van der Waals surface area contributed by atoms with Crippen LogP contribution in [0.25, 0.3) is 0 Å². The van der Waals surface area contributed by atoms with Gasteiger partial charge in [-0.15, -0.1) is 0 Å². The number of amides is 3. The van der Waals surface area contributed by atoms with Gasteiger partial charge >= 0.3 is 0 Å². The van der Waals surface area contributed by atoms with E-state index in [0.29, 0.717) is 17.1 Å². The van der Waals surface area contributed by atoms with Gasteiger partial charge in [0.2, 0.25) is 17.7 Å².